The Bertz CT molecular complexity index is 2290. The van der Waals surface area contributed by atoms with Gasteiger partial charge in [-0.05, 0) is 41.5 Å². The molecule has 2 unspecified atom stereocenters. The van der Waals surface area contributed by atoms with E-state index in [-0.39, 0.29) is 42.7 Å². The van der Waals surface area contributed by atoms with Gasteiger partial charge in [0.1, 0.15) is 23.0 Å². The number of fused-ring (bicyclic) bond motifs is 2. The van der Waals surface area contributed by atoms with Gasteiger partial charge in [-0.3, -0.25) is 19.4 Å². The Kier molecular flexibility index (Phi) is 16.4. The van der Waals surface area contributed by atoms with E-state index < -0.39 is 24.0 Å². The second-order valence-electron chi connectivity index (χ2n) is 18.0. The first-order valence-electron chi connectivity index (χ1n) is 23.6. The van der Waals surface area contributed by atoms with E-state index in [2.05, 4.69) is 79.4 Å². The first-order valence-corrected chi connectivity index (χ1v) is 23.6. The normalized spacial score (nSPS) is 19.2. The molecule has 4 aromatic rings. The Morgan fingerprint density at radius 1 is 0.776 bits per heavy atom. The van der Waals surface area contributed by atoms with Gasteiger partial charge in [-0.15, -0.1) is 0 Å². The van der Waals surface area contributed by atoms with Gasteiger partial charge in [0.05, 0.1) is 56.8 Å². The monoisotopic (exact) mass is 923 g/mol. The molecule has 8 rings (SSSR count). The summed E-state index contributed by atoms with van der Waals surface area (Å²) >= 11 is 0. The highest BCUT2D eigenvalue weighted by Crippen LogP contribution is 2.25. The number of nitrogens with one attached hydrogen (secondary N) is 4. The molecule has 2 aromatic carbocycles. The summed E-state index contributed by atoms with van der Waals surface area (Å²) in [6, 6.07) is 19.8. The maximum Gasteiger partial charge on any atom is 0.270 e. The van der Waals surface area contributed by atoms with Crippen LogP contribution in [-0.2, 0) is 40.1 Å². The van der Waals surface area contributed by atoms with Gasteiger partial charge in [0.2, 0.25) is 11.9 Å². The molecule has 360 valence electrons. The summed E-state index contributed by atoms with van der Waals surface area (Å²) in [4.78, 5) is 54.6. The maximum atomic E-state index is 13.7. The SMILES string of the molecule is CCCN(C)c1nc(NC2COC2CN(CCOC)c2nc(NC3COC3)cc(C(=O)NC[C@H](O)CN3CCc4ccccc4C3)n2)cc(C(=O)NC[C@H](O)CN2CCc3ccccc3C2)n1. The first-order chi connectivity index (χ1) is 32.6. The number of aliphatic hydroxyl groups is 2. The minimum Gasteiger partial charge on any atom is -0.390 e. The van der Waals surface area contributed by atoms with Crippen molar-refractivity contribution in [1.29, 1.82) is 0 Å². The number of benzene rings is 2. The van der Waals surface area contributed by atoms with Gasteiger partial charge >= 0.3 is 0 Å². The number of rotatable bonds is 23. The minimum absolute atomic E-state index is 0.0376. The highest BCUT2D eigenvalue weighted by Gasteiger charge is 2.36. The Labute approximate surface area is 392 Å². The lowest BCUT2D eigenvalue weighted by molar-refractivity contribution is -0.0590. The summed E-state index contributed by atoms with van der Waals surface area (Å²) in [5, 5.41) is 34.6. The number of β-amino-alcohol motifs (C(OH)–C–C–N with tert-alkyl or cyclic N) is 2. The molecule has 2 aromatic heterocycles. The fraction of sp³-hybridized carbons (Fsp3) is 0.542. The zero-order chi connectivity index (χ0) is 46.7. The molecule has 2 fully saturated rings. The van der Waals surface area contributed by atoms with E-state index in [0.717, 1.165) is 45.4 Å². The molecule has 0 aliphatic carbocycles. The molecule has 0 bridgehead atoms. The molecule has 4 atom stereocenters. The zero-order valence-corrected chi connectivity index (χ0v) is 38.9. The van der Waals surface area contributed by atoms with Gasteiger partial charge in [-0.25, -0.2) is 9.97 Å². The number of carbonyl (C=O) groups is 2. The Hall–Kier alpha value is -5.54. The van der Waals surface area contributed by atoms with Gasteiger partial charge in [-0.1, -0.05) is 55.5 Å². The summed E-state index contributed by atoms with van der Waals surface area (Å²) in [7, 11) is 3.51. The molecular weight excluding hydrogens is 857 g/mol. The molecule has 0 radical (unpaired) electrons. The molecule has 6 heterocycles. The predicted octanol–water partition coefficient (Wildman–Crippen LogP) is 1.55. The maximum absolute atomic E-state index is 13.7. The Morgan fingerprint density at radius 3 is 1.85 bits per heavy atom. The molecule has 0 saturated carbocycles. The Morgan fingerprint density at radius 2 is 1.33 bits per heavy atom. The lowest BCUT2D eigenvalue weighted by atomic mass is 10.00. The van der Waals surface area contributed by atoms with Crippen molar-refractivity contribution in [1.82, 2.24) is 40.4 Å². The van der Waals surface area contributed by atoms with Crippen LogP contribution in [0.4, 0.5) is 23.5 Å². The third-order valence-corrected chi connectivity index (χ3v) is 12.7. The van der Waals surface area contributed by atoms with Crippen molar-refractivity contribution >= 4 is 35.3 Å². The van der Waals surface area contributed by atoms with Crippen molar-refractivity contribution in [3.8, 4) is 0 Å². The van der Waals surface area contributed by atoms with E-state index in [4.69, 9.17) is 29.2 Å². The van der Waals surface area contributed by atoms with Crippen LogP contribution in [0.2, 0.25) is 0 Å². The third kappa shape index (κ3) is 12.9. The molecule has 0 spiro atoms. The topological polar surface area (TPSA) is 215 Å². The molecule has 4 aliphatic heterocycles. The number of aliphatic hydroxyl groups excluding tert-OH is 2. The number of nitrogens with zero attached hydrogens (tertiary/aromatic N) is 8. The average molecular weight is 923 g/mol. The first kappa shape index (κ1) is 47.9. The van der Waals surface area contributed by atoms with Gasteiger partial charge in [-0.2, -0.15) is 9.97 Å². The zero-order valence-electron chi connectivity index (χ0n) is 38.9. The van der Waals surface area contributed by atoms with Gasteiger partial charge < -0.3 is 55.5 Å². The number of methoxy groups -OCH3 is 1. The quantitative estimate of drug-likeness (QED) is 0.0623. The fourth-order valence-corrected chi connectivity index (χ4v) is 8.80. The second kappa shape index (κ2) is 23.0. The van der Waals surface area contributed by atoms with Crippen molar-refractivity contribution in [2.45, 2.75) is 69.7 Å². The van der Waals surface area contributed by atoms with Gasteiger partial charge in [0.15, 0.2) is 0 Å². The molecule has 19 heteroatoms. The van der Waals surface area contributed by atoms with Crippen molar-refractivity contribution in [3.63, 3.8) is 0 Å². The summed E-state index contributed by atoms with van der Waals surface area (Å²) < 4.78 is 17.0. The van der Waals surface area contributed by atoms with E-state index in [0.29, 0.717) is 82.7 Å². The third-order valence-electron chi connectivity index (χ3n) is 12.7. The van der Waals surface area contributed by atoms with Crippen LogP contribution in [-0.4, -0.2) is 182 Å². The van der Waals surface area contributed by atoms with E-state index in [1.807, 2.05) is 29.0 Å². The molecular formula is C48H66N12O7. The standard InChI is InChI=1S/C48H66N12O7/c1-4-15-57(2)47-53-39(45(63)49-22-37(61)26-58-16-13-32-9-5-7-11-34(32)24-58)21-44(55-47)52-41-31-67-42(41)28-60(18-19-65-3)48-54-40(20-43(56-48)51-36-29-66-30-36)46(64)50-23-38(62)27-59-17-14-33-10-6-8-12-35(33)25-59/h5-12,20-21,36-38,41-42,61-62H,4,13-19,22-31H2,1-3H3,(H,49,63)(H,50,64)(H,51,54,56)(H,52,53,55)/t37-,38-,41?,42?/m0/s1. The molecule has 19 nitrogen and oxygen atoms in total. The van der Waals surface area contributed by atoms with E-state index in [9.17, 15) is 19.8 Å². The highest BCUT2D eigenvalue weighted by molar-refractivity contribution is 5.94. The van der Waals surface area contributed by atoms with Gasteiger partial charge in [0, 0.05) is 98.3 Å². The molecule has 67 heavy (non-hydrogen) atoms. The van der Waals surface area contributed by atoms with Gasteiger partial charge in [0.25, 0.3) is 11.8 Å². The number of carbonyl (C=O) groups excluding carboxylic acids is 2. The number of aromatic nitrogens is 4. The Balaban J connectivity index is 0.913. The van der Waals surface area contributed by atoms with Crippen molar-refractivity contribution in [2.24, 2.45) is 0 Å². The van der Waals surface area contributed by atoms with Crippen molar-refractivity contribution in [3.05, 3.63) is 94.3 Å². The van der Waals surface area contributed by atoms with Crippen LogP contribution in [0, 0.1) is 0 Å². The number of hydrogen-bond donors (Lipinski definition) is 6. The van der Waals surface area contributed by atoms with Crippen LogP contribution >= 0.6 is 0 Å². The number of amides is 2. The number of hydrogen-bond acceptors (Lipinski definition) is 17. The molecule has 4 aliphatic rings. The second-order valence-corrected chi connectivity index (χ2v) is 18.0. The lowest BCUT2D eigenvalue weighted by Crippen LogP contribution is -2.56. The smallest absolute Gasteiger partial charge is 0.270 e. The predicted molar refractivity (Wildman–Crippen MR) is 255 cm³/mol. The van der Waals surface area contributed by atoms with Crippen LogP contribution in [0.15, 0.2) is 60.7 Å². The van der Waals surface area contributed by atoms with Crippen molar-refractivity contribution < 1.29 is 34.0 Å². The average Bonchev–Trinajstić information content (AvgIpc) is 3.32. The van der Waals surface area contributed by atoms with Crippen LogP contribution in [0.25, 0.3) is 0 Å². The summed E-state index contributed by atoms with van der Waals surface area (Å²) in [6.45, 7) is 9.47. The van der Waals surface area contributed by atoms with E-state index in [1.165, 1.54) is 22.3 Å². The largest absolute Gasteiger partial charge is 0.390 e. The number of ether oxygens (including phenoxy) is 3. The molecule has 2 amide bonds. The van der Waals surface area contributed by atoms with Crippen LogP contribution in [0.1, 0.15) is 56.6 Å². The summed E-state index contributed by atoms with van der Waals surface area (Å²) in [5.41, 5.74) is 5.54. The van der Waals surface area contributed by atoms with E-state index in [1.54, 1.807) is 19.2 Å². The lowest BCUT2D eigenvalue weighted by Gasteiger charge is -2.40. The van der Waals surface area contributed by atoms with Crippen LogP contribution in [0.5, 0.6) is 0 Å². The minimum atomic E-state index is -0.774. The molecule has 6 N–H and O–H groups in total. The van der Waals surface area contributed by atoms with E-state index >= 15 is 0 Å². The molecule has 2 saturated heterocycles. The summed E-state index contributed by atoms with van der Waals surface area (Å²) in [6.07, 6.45) is 0.815. The summed E-state index contributed by atoms with van der Waals surface area (Å²) in [5.74, 6) is 0.806. The number of anilines is 4. The van der Waals surface area contributed by atoms with Crippen LogP contribution < -0.4 is 31.1 Å². The van der Waals surface area contributed by atoms with Crippen molar-refractivity contribution in [2.75, 3.05) is 120 Å². The highest BCUT2D eigenvalue weighted by atomic mass is 16.5. The fourth-order valence-electron chi connectivity index (χ4n) is 8.80. The van der Waals surface area contributed by atoms with Crippen LogP contribution in [0.3, 0.4) is 0 Å².